The average Bonchev–Trinajstić information content (AvgIpc) is 2.45. The van der Waals surface area contributed by atoms with Crippen LogP contribution in [0.2, 0.25) is 0 Å². The third kappa shape index (κ3) is 5.92. The van der Waals surface area contributed by atoms with Crippen LogP contribution >= 0.6 is 15.9 Å². The van der Waals surface area contributed by atoms with Crippen molar-refractivity contribution in [2.24, 2.45) is 0 Å². The minimum Gasteiger partial charge on any atom is -0.310 e. The van der Waals surface area contributed by atoms with Gasteiger partial charge in [-0.2, -0.15) is 0 Å². The topological polar surface area (TPSA) is 12.0 Å². The quantitative estimate of drug-likeness (QED) is 0.514. The predicted molar refractivity (Wildman–Crippen MR) is 88.5 cm³/mol. The molecule has 20 heavy (non-hydrogen) atoms. The van der Waals surface area contributed by atoms with Gasteiger partial charge in [-0.05, 0) is 35.0 Å². The Morgan fingerprint density at radius 1 is 1.10 bits per heavy atom. The molecule has 0 aliphatic heterocycles. The molecule has 0 aliphatic carbocycles. The van der Waals surface area contributed by atoms with E-state index in [1.807, 2.05) is 12.1 Å². The van der Waals surface area contributed by atoms with Gasteiger partial charge in [0.1, 0.15) is 5.82 Å². The molecule has 1 nitrogen and oxygen atoms in total. The summed E-state index contributed by atoms with van der Waals surface area (Å²) < 4.78 is 14.7. The smallest absolute Gasteiger partial charge is 0.142 e. The molecule has 1 atom stereocenters. The molecular formula is C17H27BrFN. The van der Waals surface area contributed by atoms with Gasteiger partial charge in [0.15, 0.2) is 0 Å². The SMILES string of the molecule is CCCCCCCCC(NCC)c1cccc(Br)c1F. The fourth-order valence-electron chi connectivity index (χ4n) is 2.53. The van der Waals surface area contributed by atoms with Crippen molar-refractivity contribution in [2.45, 2.75) is 64.8 Å². The Labute approximate surface area is 131 Å². The number of rotatable bonds is 10. The zero-order valence-corrected chi connectivity index (χ0v) is 14.3. The van der Waals surface area contributed by atoms with Crippen LogP contribution in [0.25, 0.3) is 0 Å². The molecule has 3 heteroatoms. The highest BCUT2D eigenvalue weighted by Gasteiger charge is 2.15. The van der Waals surface area contributed by atoms with Gasteiger partial charge in [0.2, 0.25) is 0 Å². The summed E-state index contributed by atoms with van der Waals surface area (Å²) in [5, 5.41) is 3.41. The zero-order chi connectivity index (χ0) is 14.8. The zero-order valence-electron chi connectivity index (χ0n) is 12.7. The lowest BCUT2D eigenvalue weighted by atomic mass is 9.99. The summed E-state index contributed by atoms with van der Waals surface area (Å²) in [5.41, 5.74) is 0.787. The van der Waals surface area contributed by atoms with Crippen LogP contribution in [-0.4, -0.2) is 6.54 Å². The number of benzene rings is 1. The number of halogens is 2. The summed E-state index contributed by atoms with van der Waals surface area (Å²) in [4.78, 5) is 0. The summed E-state index contributed by atoms with van der Waals surface area (Å²) >= 11 is 3.27. The second-order valence-electron chi connectivity index (χ2n) is 5.31. The minimum atomic E-state index is -0.121. The first-order valence-corrected chi connectivity index (χ1v) is 8.67. The summed E-state index contributed by atoms with van der Waals surface area (Å²) in [6.07, 6.45) is 8.65. The molecule has 1 aromatic carbocycles. The summed E-state index contributed by atoms with van der Waals surface area (Å²) in [6, 6.07) is 5.69. The van der Waals surface area contributed by atoms with Gasteiger partial charge in [-0.15, -0.1) is 0 Å². The molecule has 1 N–H and O–H groups in total. The van der Waals surface area contributed by atoms with E-state index >= 15 is 0 Å². The van der Waals surface area contributed by atoms with Crippen LogP contribution in [0.15, 0.2) is 22.7 Å². The number of nitrogens with one attached hydrogen (secondary N) is 1. The molecule has 0 aromatic heterocycles. The molecule has 0 bridgehead atoms. The molecule has 1 rings (SSSR count). The normalized spacial score (nSPS) is 12.6. The summed E-state index contributed by atoms with van der Waals surface area (Å²) in [5.74, 6) is -0.121. The second-order valence-corrected chi connectivity index (χ2v) is 6.16. The van der Waals surface area contributed by atoms with Gasteiger partial charge in [-0.25, -0.2) is 4.39 Å². The molecule has 0 amide bonds. The van der Waals surface area contributed by atoms with E-state index < -0.39 is 0 Å². The van der Waals surface area contributed by atoms with E-state index in [2.05, 4.69) is 35.1 Å². The van der Waals surface area contributed by atoms with E-state index in [4.69, 9.17) is 0 Å². The molecule has 0 fully saturated rings. The molecule has 0 heterocycles. The summed E-state index contributed by atoms with van der Waals surface area (Å²) in [6.45, 7) is 5.17. The lowest BCUT2D eigenvalue weighted by Crippen LogP contribution is -2.22. The van der Waals surface area contributed by atoms with Crippen molar-refractivity contribution >= 4 is 15.9 Å². The van der Waals surface area contributed by atoms with Gasteiger partial charge in [-0.3, -0.25) is 0 Å². The lowest BCUT2D eigenvalue weighted by Gasteiger charge is -2.19. The molecule has 0 saturated carbocycles. The molecule has 114 valence electrons. The predicted octanol–water partition coefficient (Wildman–Crippen LogP) is 5.99. The highest BCUT2D eigenvalue weighted by Crippen LogP contribution is 2.27. The van der Waals surface area contributed by atoms with Crippen LogP contribution in [0.1, 0.15) is 70.4 Å². The first kappa shape index (κ1) is 17.6. The van der Waals surface area contributed by atoms with Crippen LogP contribution in [-0.2, 0) is 0 Å². The van der Waals surface area contributed by atoms with Crippen molar-refractivity contribution < 1.29 is 4.39 Å². The van der Waals surface area contributed by atoms with Gasteiger partial charge in [-0.1, -0.05) is 64.5 Å². The maximum absolute atomic E-state index is 14.2. The van der Waals surface area contributed by atoms with Gasteiger partial charge in [0.25, 0.3) is 0 Å². The van der Waals surface area contributed by atoms with Gasteiger partial charge >= 0.3 is 0 Å². The first-order valence-electron chi connectivity index (χ1n) is 7.88. The molecular weight excluding hydrogens is 317 g/mol. The van der Waals surface area contributed by atoms with Crippen molar-refractivity contribution in [2.75, 3.05) is 6.54 Å². The molecule has 0 radical (unpaired) electrons. The van der Waals surface area contributed by atoms with Crippen LogP contribution in [0.3, 0.4) is 0 Å². The Balaban J connectivity index is 2.49. The first-order chi connectivity index (χ1) is 9.70. The molecule has 1 unspecified atom stereocenters. The van der Waals surface area contributed by atoms with Gasteiger partial charge in [0, 0.05) is 11.6 Å². The molecule has 0 spiro atoms. The van der Waals surface area contributed by atoms with Crippen LogP contribution in [0, 0.1) is 5.82 Å². The fourth-order valence-corrected chi connectivity index (χ4v) is 2.91. The van der Waals surface area contributed by atoms with Crippen molar-refractivity contribution in [3.8, 4) is 0 Å². The Hall–Kier alpha value is -0.410. The van der Waals surface area contributed by atoms with E-state index in [0.717, 1.165) is 24.9 Å². The Morgan fingerprint density at radius 3 is 2.50 bits per heavy atom. The van der Waals surface area contributed by atoms with Gasteiger partial charge in [0.05, 0.1) is 4.47 Å². The largest absolute Gasteiger partial charge is 0.310 e. The second kappa shape index (κ2) is 10.3. The van der Waals surface area contributed by atoms with E-state index in [1.54, 1.807) is 6.07 Å². The van der Waals surface area contributed by atoms with E-state index in [1.165, 1.54) is 32.1 Å². The molecule has 0 saturated heterocycles. The number of unbranched alkanes of at least 4 members (excludes halogenated alkanes) is 5. The van der Waals surface area contributed by atoms with Crippen molar-refractivity contribution in [3.63, 3.8) is 0 Å². The van der Waals surface area contributed by atoms with E-state index in [9.17, 15) is 4.39 Å². The summed E-state index contributed by atoms with van der Waals surface area (Å²) in [7, 11) is 0. The number of hydrogen-bond donors (Lipinski definition) is 1. The van der Waals surface area contributed by atoms with Crippen LogP contribution in [0.4, 0.5) is 4.39 Å². The Bertz CT molecular complexity index is 381. The maximum atomic E-state index is 14.2. The van der Waals surface area contributed by atoms with Crippen LogP contribution < -0.4 is 5.32 Å². The van der Waals surface area contributed by atoms with Crippen molar-refractivity contribution in [1.29, 1.82) is 0 Å². The van der Waals surface area contributed by atoms with Gasteiger partial charge < -0.3 is 5.32 Å². The lowest BCUT2D eigenvalue weighted by molar-refractivity contribution is 0.456. The van der Waals surface area contributed by atoms with Crippen molar-refractivity contribution in [1.82, 2.24) is 5.32 Å². The highest BCUT2D eigenvalue weighted by molar-refractivity contribution is 9.10. The molecule has 1 aromatic rings. The highest BCUT2D eigenvalue weighted by atomic mass is 79.9. The van der Waals surface area contributed by atoms with E-state index in [0.29, 0.717) is 4.47 Å². The maximum Gasteiger partial charge on any atom is 0.142 e. The van der Waals surface area contributed by atoms with E-state index in [-0.39, 0.29) is 11.9 Å². The fraction of sp³-hybridized carbons (Fsp3) is 0.647. The monoisotopic (exact) mass is 343 g/mol. The third-order valence-electron chi connectivity index (χ3n) is 3.65. The average molecular weight is 344 g/mol. The van der Waals surface area contributed by atoms with Crippen LogP contribution in [0.5, 0.6) is 0 Å². The standard InChI is InChI=1S/C17H27BrFN/c1-3-5-6-7-8-9-13-16(20-4-2)14-11-10-12-15(18)17(14)19/h10-12,16,20H,3-9,13H2,1-2H3. The molecule has 0 aliphatic rings. The third-order valence-corrected chi connectivity index (χ3v) is 4.27. The minimum absolute atomic E-state index is 0.121. The van der Waals surface area contributed by atoms with Crippen molar-refractivity contribution in [3.05, 3.63) is 34.1 Å². The Kier molecular flexibility index (Phi) is 9.12. The Morgan fingerprint density at radius 2 is 1.80 bits per heavy atom. The number of hydrogen-bond acceptors (Lipinski definition) is 1.